The molecule has 130 valence electrons. The van der Waals surface area contributed by atoms with Crippen LogP contribution in [-0.2, 0) is 9.53 Å². The number of benzene rings is 2. The maximum absolute atomic E-state index is 12.0. The molecule has 1 N–H and O–H groups in total. The zero-order chi connectivity index (χ0) is 18.4. The number of nitro benzene ring substituents is 1. The summed E-state index contributed by atoms with van der Waals surface area (Å²) in [6.07, 6.45) is 0. The van der Waals surface area contributed by atoms with Gasteiger partial charge in [0.2, 0.25) is 0 Å². The average molecular weight is 342 g/mol. The molecule has 0 saturated heterocycles. The average Bonchev–Trinajstić information content (AvgIpc) is 2.60. The second-order valence-electron chi connectivity index (χ2n) is 5.64. The first kappa shape index (κ1) is 18.1. The summed E-state index contributed by atoms with van der Waals surface area (Å²) in [5, 5.41) is 13.6. The number of para-hydroxylation sites is 2. The van der Waals surface area contributed by atoms with E-state index in [-0.39, 0.29) is 17.2 Å². The molecule has 0 fully saturated rings. The van der Waals surface area contributed by atoms with Crippen molar-refractivity contribution in [2.75, 3.05) is 11.9 Å². The molecule has 0 bridgehead atoms. The number of esters is 1. The summed E-state index contributed by atoms with van der Waals surface area (Å²) >= 11 is 0. The Labute approximate surface area is 144 Å². The smallest absolute Gasteiger partial charge is 0.345 e. The predicted octanol–water partition coefficient (Wildman–Crippen LogP) is 3.51. The third-order valence-corrected chi connectivity index (χ3v) is 3.51. The molecule has 0 radical (unpaired) electrons. The summed E-state index contributed by atoms with van der Waals surface area (Å²) in [6.45, 7) is 3.47. The molecule has 0 aliphatic heterocycles. The van der Waals surface area contributed by atoms with E-state index in [1.807, 2.05) is 26.0 Å². The van der Waals surface area contributed by atoms with Gasteiger partial charge in [-0.25, -0.2) is 4.79 Å². The molecule has 0 atom stereocenters. The zero-order valence-electron chi connectivity index (χ0n) is 13.9. The molecule has 2 aromatic rings. The Morgan fingerprint density at radius 2 is 1.76 bits per heavy atom. The number of carbonyl (C=O) groups is 2. The fraction of sp³-hybridized carbons (Fsp3) is 0.222. The fourth-order valence-corrected chi connectivity index (χ4v) is 2.31. The minimum atomic E-state index is -0.917. The van der Waals surface area contributed by atoms with E-state index < -0.39 is 23.4 Å². The van der Waals surface area contributed by atoms with Gasteiger partial charge in [-0.05, 0) is 23.6 Å². The zero-order valence-corrected chi connectivity index (χ0v) is 13.9. The van der Waals surface area contributed by atoms with E-state index in [2.05, 4.69) is 5.32 Å². The van der Waals surface area contributed by atoms with Crippen molar-refractivity contribution < 1.29 is 19.2 Å². The van der Waals surface area contributed by atoms with Gasteiger partial charge in [-0.1, -0.05) is 44.2 Å². The Kier molecular flexibility index (Phi) is 5.84. The SMILES string of the molecule is CC(C)c1ccccc1NC(=O)COC(=O)c1ccccc1[N+](=O)[O-]. The highest BCUT2D eigenvalue weighted by atomic mass is 16.6. The van der Waals surface area contributed by atoms with E-state index in [0.29, 0.717) is 5.69 Å². The van der Waals surface area contributed by atoms with Crippen LogP contribution < -0.4 is 5.32 Å². The van der Waals surface area contributed by atoms with E-state index >= 15 is 0 Å². The summed E-state index contributed by atoms with van der Waals surface area (Å²) in [5.41, 5.74) is 1.05. The number of nitrogens with zero attached hydrogens (tertiary/aromatic N) is 1. The number of rotatable bonds is 6. The highest BCUT2D eigenvalue weighted by molar-refractivity contribution is 5.97. The van der Waals surface area contributed by atoms with Gasteiger partial charge in [0.1, 0.15) is 5.56 Å². The van der Waals surface area contributed by atoms with Crippen LogP contribution in [0.25, 0.3) is 0 Å². The maximum Gasteiger partial charge on any atom is 0.345 e. The van der Waals surface area contributed by atoms with Gasteiger partial charge in [0.25, 0.3) is 11.6 Å². The van der Waals surface area contributed by atoms with Crippen molar-refractivity contribution in [3.8, 4) is 0 Å². The van der Waals surface area contributed by atoms with Gasteiger partial charge >= 0.3 is 5.97 Å². The van der Waals surface area contributed by atoms with E-state index in [0.717, 1.165) is 5.56 Å². The number of anilines is 1. The lowest BCUT2D eigenvalue weighted by atomic mass is 10.0. The van der Waals surface area contributed by atoms with Crippen LogP contribution in [0.2, 0.25) is 0 Å². The number of amides is 1. The largest absolute Gasteiger partial charge is 0.452 e. The first-order chi connectivity index (χ1) is 11.9. The minimum Gasteiger partial charge on any atom is -0.452 e. The third kappa shape index (κ3) is 4.63. The van der Waals surface area contributed by atoms with Crippen molar-refractivity contribution in [1.29, 1.82) is 0 Å². The van der Waals surface area contributed by atoms with E-state index in [1.54, 1.807) is 12.1 Å². The predicted molar refractivity (Wildman–Crippen MR) is 92.5 cm³/mol. The highest BCUT2D eigenvalue weighted by Crippen LogP contribution is 2.23. The first-order valence-electron chi connectivity index (χ1n) is 7.69. The molecular formula is C18H18N2O5. The topological polar surface area (TPSA) is 98.5 Å². The molecule has 1 amide bonds. The van der Waals surface area contributed by atoms with Gasteiger partial charge in [0, 0.05) is 11.8 Å². The summed E-state index contributed by atoms with van der Waals surface area (Å²) in [5.74, 6) is -1.22. The summed E-state index contributed by atoms with van der Waals surface area (Å²) < 4.78 is 4.90. The van der Waals surface area contributed by atoms with Crippen LogP contribution in [0.1, 0.15) is 35.7 Å². The summed E-state index contributed by atoms with van der Waals surface area (Å²) in [7, 11) is 0. The fourth-order valence-electron chi connectivity index (χ4n) is 2.31. The maximum atomic E-state index is 12.0. The number of ether oxygens (including phenoxy) is 1. The third-order valence-electron chi connectivity index (χ3n) is 3.51. The summed E-state index contributed by atoms with van der Waals surface area (Å²) in [4.78, 5) is 34.3. The molecular weight excluding hydrogens is 324 g/mol. The van der Waals surface area contributed by atoms with Gasteiger partial charge < -0.3 is 10.1 Å². The van der Waals surface area contributed by atoms with Crippen molar-refractivity contribution in [2.24, 2.45) is 0 Å². The highest BCUT2D eigenvalue weighted by Gasteiger charge is 2.21. The lowest BCUT2D eigenvalue weighted by molar-refractivity contribution is -0.385. The van der Waals surface area contributed by atoms with Gasteiger partial charge in [-0.2, -0.15) is 0 Å². The number of nitrogens with one attached hydrogen (secondary N) is 1. The van der Waals surface area contributed by atoms with Crippen LogP contribution in [0.3, 0.4) is 0 Å². The molecule has 0 spiro atoms. The molecule has 7 heteroatoms. The number of carbonyl (C=O) groups excluding carboxylic acids is 2. The van der Waals surface area contributed by atoms with Gasteiger partial charge in [0.05, 0.1) is 4.92 Å². The Balaban J connectivity index is 2.01. The van der Waals surface area contributed by atoms with Crippen molar-refractivity contribution in [3.63, 3.8) is 0 Å². The Morgan fingerprint density at radius 3 is 2.44 bits per heavy atom. The molecule has 25 heavy (non-hydrogen) atoms. The van der Waals surface area contributed by atoms with E-state index in [4.69, 9.17) is 4.74 Å². The Bertz CT molecular complexity index is 802. The molecule has 2 rings (SSSR count). The second kappa shape index (κ2) is 8.05. The second-order valence-corrected chi connectivity index (χ2v) is 5.64. The molecule has 0 heterocycles. The molecule has 0 saturated carbocycles. The quantitative estimate of drug-likeness (QED) is 0.492. The van der Waals surface area contributed by atoms with Crippen molar-refractivity contribution >= 4 is 23.3 Å². The van der Waals surface area contributed by atoms with Crippen molar-refractivity contribution in [3.05, 3.63) is 69.8 Å². The van der Waals surface area contributed by atoms with E-state index in [9.17, 15) is 19.7 Å². The van der Waals surface area contributed by atoms with E-state index in [1.165, 1.54) is 24.3 Å². The number of nitro groups is 1. The van der Waals surface area contributed by atoms with Crippen LogP contribution >= 0.6 is 0 Å². The molecule has 0 aromatic heterocycles. The molecule has 0 unspecified atom stereocenters. The lowest BCUT2D eigenvalue weighted by Gasteiger charge is -2.13. The Morgan fingerprint density at radius 1 is 1.12 bits per heavy atom. The molecule has 0 aliphatic carbocycles. The normalized spacial score (nSPS) is 10.4. The molecule has 0 aliphatic rings. The van der Waals surface area contributed by atoms with Crippen LogP contribution in [0.15, 0.2) is 48.5 Å². The first-order valence-corrected chi connectivity index (χ1v) is 7.69. The van der Waals surface area contributed by atoms with Gasteiger partial charge in [-0.15, -0.1) is 0 Å². The minimum absolute atomic E-state index is 0.192. The monoisotopic (exact) mass is 342 g/mol. The van der Waals surface area contributed by atoms with Crippen molar-refractivity contribution in [1.82, 2.24) is 0 Å². The van der Waals surface area contributed by atoms with Crippen LogP contribution in [0, 0.1) is 10.1 Å². The molecule has 2 aromatic carbocycles. The molecule has 7 nitrogen and oxygen atoms in total. The van der Waals surface area contributed by atoms with Crippen molar-refractivity contribution in [2.45, 2.75) is 19.8 Å². The van der Waals surface area contributed by atoms with Crippen LogP contribution in [0.5, 0.6) is 0 Å². The van der Waals surface area contributed by atoms with Gasteiger partial charge in [-0.3, -0.25) is 14.9 Å². The van der Waals surface area contributed by atoms with Gasteiger partial charge in [0.15, 0.2) is 6.61 Å². The standard InChI is InChI=1S/C18H18N2O5/c1-12(2)13-7-3-5-9-15(13)19-17(21)11-25-18(22)14-8-4-6-10-16(14)20(23)24/h3-10,12H,11H2,1-2H3,(H,19,21). The van der Waals surface area contributed by atoms with Crippen LogP contribution in [-0.4, -0.2) is 23.4 Å². The summed E-state index contributed by atoms with van der Waals surface area (Å²) in [6, 6.07) is 12.8. The van der Waals surface area contributed by atoms with Crippen LogP contribution in [0.4, 0.5) is 11.4 Å². The lowest BCUT2D eigenvalue weighted by Crippen LogP contribution is -2.22. The number of hydrogen-bond acceptors (Lipinski definition) is 5. The Hall–Kier alpha value is -3.22. The number of hydrogen-bond donors (Lipinski definition) is 1.